The first kappa shape index (κ1) is 11.9. The van der Waals surface area contributed by atoms with E-state index in [4.69, 9.17) is 5.26 Å². The Kier molecular flexibility index (Phi) is 2.84. The Bertz CT molecular complexity index is 812. The summed E-state index contributed by atoms with van der Waals surface area (Å²) in [5.41, 5.74) is 4.58. The summed E-state index contributed by atoms with van der Waals surface area (Å²) in [6.07, 6.45) is 0. The van der Waals surface area contributed by atoms with Crippen molar-refractivity contribution in [2.75, 3.05) is 0 Å². The molecule has 0 aliphatic heterocycles. The topological polar surface area (TPSA) is 52.5 Å². The van der Waals surface area contributed by atoms with Gasteiger partial charge in [-0.25, -0.2) is 4.98 Å². The van der Waals surface area contributed by atoms with Crippen molar-refractivity contribution in [1.82, 2.24) is 9.97 Å². The zero-order valence-electron chi connectivity index (χ0n) is 10.2. The first-order chi connectivity index (χ1) is 9.19. The van der Waals surface area contributed by atoms with Gasteiger partial charge in [0.15, 0.2) is 0 Å². The van der Waals surface area contributed by atoms with Crippen molar-refractivity contribution in [3.8, 4) is 17.5 Å². The van der Waals surface area contributed by atoms with Crippen molar-refractivity contribution in [1.29, 1.82) is 5.26 Å². The van der Waals surface area contributed by atoms with Gasteiger partial charge >= 0.3 is 0 Å². The number of rotatable bonds is 1. The summed E-state index contributed by atoms with van der Waals surface area (Å²) in [6, 6.07) is 13.6. The highest BCUT2D eigenvalue weighted by atomic mass is 79.9. The molecule has 1 N–H and O–H groups in total. The fourth-order valence-electron chi connectivity index (χ4n) is 2.07. The number of aromatic nitrogens is 2. The van der Waals surface area contributed by atoms with E-state index in [1.165, 1.54) is 0 Å². The number of imidazole rings is 1. The van der Waals surface area contributed by atoms with Crippen molar-refractivity contribution in [3.63, 3.8) is 0 Å². The average Bonchev–Trinajstić information content (AvgIpc) is 2.84. The van der Waals surface area contributed by atoms with Gasteiger partial charge in [-0.05, 0) is 36.8 Å². The van der Waals surface area contributed by atoms with Gasteiger partial charge < -0.3 is 4.98 Å². The van der Waals surface area contributed by atoms with Crippen molar-refractivity contribution in [3.05, 3.63) is 52.0 Å². The Balaban J connectivity index is 2.21. The minimum atomic E-state index is 0.633. The number of halogens is 1. The summed E-state index contributed by atoms with van der Waals surface area (Å²) in [7, 11) is 0. The predicted molar refractivity (Wildman–Crippen MR) is 78.7 cm³/mol. The van der Waals surface area contributed by atoms with E-state index >= 15 is 0 Å². The van der Waals surface area contributed by atoms with Crippen molar-refractivity contribution in [2.45, 2.75) is 6.92 Å². The van der Waals surface area contributed by atoms with Crippen molar-refractivity contribution >= 4 is 27.0 Å². The molecule has 0 bridgehead atoms. The molecule has 4 heteroatoms. The highest BCUT2D eigenvalue weighted by molar-refractivity contribution is 9.10. The summed E-state index contributed by atoms with van der Waals surface area (Å²) in [5, 5.41) is 8.91. The second-order valence-corrected chi connectivity index (χ2v) is 5.20. The summed E-state index contributed by atoms with van der Waals surface area (Å²) in [4.78, 5) is 7.85. The molecule has 19 heavy (non-hydrogen) atoms. The van der Waals surface area contributed by atoms with Gasteiger partial charge in [-0.3, -0.25) is 0 Å². The van der Waals surface area contributed by atoms with Crippen LogP contribution in [0.4, 0.5) is 0 Å². The maximum atomic E-state index is 8.91. The van der Waals surface area contributed by atoms with E-state index in [9.17, 15) is 0 Å². The molecule has 0 saturated heterocycles. The maximum absolute atomic E-state index is 8.91. The standard InChI is InChI=1S/C15H10BrN3/c1-9-11(3-2-4-12(9)16)15-18-13-6-5-10(8-17)7-14(13)19-15/h2-7H,1H3,(H,18,19). The third-order valence-corrected chi connectivity index (χ3v) is 3.99. The number of fused-ring (bicyclic) bond motifs is 1. The molecule has 92 valence electrons. The van der Waals surface area contributed by atoms with Gasteiger partial charge in [0.05, 0.1) is 22.7 Å². The molecule has 0 radical (unpaired) electrons. The number of hydrogen-bond acceptors (Lipinski definition) is 2. The van der Waals surface area contributed by atoms with Crippen molar-refractivity contribution in [2.24, 2.45) is 0 Å². The van der Waals surface area contributed by atoms with E-state index in [2.05, 4.69) is 32.0 Å². The largest absolute Gasteiger partial charge is 0.338 e. The van der Waals surface area contributed by atoms with Crippen LogP contribution in [-0.4, -0.2) is 9.97 Å². The Morgan fingerprint density at radius 2 is 2.11 bits per heavy atom. The van der Waals surface area contributed by atoms with Crippen LogP contribution in [-0.2, 0) is 0 Å². The van der Waals surface area contributed by atoms with Gasteiger partial charge in [0.25, 0.3) is 0 Å². The molecule has 0 aliphatic carbocycles. The van der Waals surface area contributed by atoms with E-state index in [0.717, 1.165) is 32.5 Å². The number of benzene rings is 2. The number of nitrogens with zero attached hydrogens (tertiary/aromatic N) is 2. The fraction of sp³-hybridized carbons (Fsp3) is 0.0667. The lowest BCUT2D eigenvalue weighted by molar-refractivity contribution is 1.30. The van der Waals surface area contributed by atoms with Gasteiger partial charge in [-0.2, -0.15) is 5.26 Å². The summed E-state index contributed by atoms with van der Waals surface area (Å²) in [5.74, 6) is 0.823. The van der Waals surface area contributed by atoms with Crippen LogP contribution in [0.25, 0.3) is 22.4 Å². The van der Waals surface area contributed by atoms with Gasteiger partial charge in [0.1, 0.15) is 5.82 Å². The molecule has 0 aliphatic rings. The molecule has 1 heterocycles. The first-order valence-electron chi connectivity index (χ1n) is 5.84. The van der Waals surface area contributed by atoms with E-state index in [0.29, 0.717) is 5.56 Å². The monoisotopic (exact) mass is 311 g/mol. The minimum absolute atomic E-state index is 0.633. The fourth-order valence-corrected chi connectivity index (χ4v) is 2.44. The Labute approximate surface area is 119 Å². The highest BCUT2D eigenvalue weighted by Gasteiger charge is 2.09. The quantitative estimate of drug-likeness (QED) is 0.733. The van der Waals surface area contributed by atoms with Gasteiger partial charge in [-0.15, -0.1) is 0 Å². The second kappa shape index (κ2) is 4.52. The lowest BCUT2D eigenvalue weighted by atomic mass is 10.1. The highest BCUT2D eigenvalue weighted by Crippen LogP contribution is 2.28. The third kappa shape index (κ3) is 2.02. The number of nitrogens with one attached hydrogen (secondary N) is 1. The van der Waals surface area contributed by atoms with Gasteiger partial charge in [0, 0.05) is 10.0 Å². The summed E-state index contributed by atoms with van der Waals surface area (Å²) < 4.78 is 1.06. The molecule has 0 unspecified atom stereocenters. The number of hydrogen-bond donors (Lipinski definition) is 1. The molecule has 0 spiro atoms. The molecule has 3 aromatic rings. The van der Waals surface area contributed by atoms with Gasteiger partial charge in [-0.1, -0.05) is 28.1 Å². The van der Waals surface area contributed by atoms with Crippen LogP contribution in [0, 0.1) is 18.3 Å². The molecule has 0 fully saturated rings. The van der Waals surface area contributed by atoms with E-state index in [-0.39, 0.29) is 0 Å². The SMILES string of the molecule is Cc1c(Br)cccc1-c1nc2ccc(C#N)cc2[nH]1. The Hall–Kier alpha value is -2.12. The molecule has 0 atom stereocenters. The van der Waals surface area contributed by atoms with Crippen LogP contribution in [0.1, 0.15) is 11.1 Å². The van der Waals surface area contributed by atoms with Crippen LogP contribution in [0.5, 0.6) is 0 Å². The predicted octanol–water partition coefficient (Wildman–Crippen LogP) is 4.17. The summed E-state index contributed by atoms with van der Waals surface area (Å²) >= 11 is 3.53. The first-order valence-corrected chi connectivity index (χ1v) is 6.63. The number of aromatic amines is 1. The smallest absolute Gasteiger partial charge is 0.138 e. The molecule has 3 nitrogen and oxygen atoms in total. The maximum Gasteiger partial charge on any atom is 0.138 e. The molecule has 3 rings (SSSR count). The minimum Gasteiger partial charge on any atom is -0.338 e. The second-order valence-electron chi connectivity index (χ2n) is 4.34. The lowest BCUT2D eigenvalue weighted by Gasteiger charge is -2.03. The van der Waals surface area contributed by atoms with Crippen LogP contribution in [0.2, 0.25) is 0 Å². The number of nitriles is 1. The molecular weight excluding hydrogens is 302 g/mol. The van der Waals surface area contributed by atoms with E-state index in [1.54, 1.807) is 6.07 Å². The Morgan fingerprint density at radius 1 is 1.26 bits per heavy atom. The van der Waals surface area contributed by atoms with E-state index in [1.807, 2.05) is 37.3 Å². The third-order valence-electron chi connectivity index (χ3n) is 3.13. The lowest BCUT2D eigenvalue weighted by Crippen LogP contribution is -1.86. The zero-order valence-corrected chi connectivity index (χ0v) is 11.8. The summed E-state index contributed by atoms with van der Waals surface area (Å²) in [6.45, 7) is 2.05. The molecule has 0 amide bonds. The van der Waals surface area contributed by atoms with Crippen LogP contribution in [0.15, 0.2) is 40.9 Å². The molecule has 0 saturated carbocycles. The van der Waals surface area contributed by atoms with Crippen LogP contribution >= 0.6 is 15.9 Å². The molecule has 1 aromatic heterocycles. The zero-order chi connectivity index (χ0) is 13.4. The average molecular weight is 312 g/mol. The van der Waals surface area contributed by atoms with Gasteiger partial charge in [0.2, 0.25) is 0 Å². The molecular formula is C15H10BrN3. The van der Waals surface area contributed by atoms with E-state index < -0.39 is 0 Å². The van der Waals surface area contributed by atoms with Crippen LogP contribution in [0.3, 0.4) is 0 Å². The number of H-pyrrole nitrogens is 1. The van der Waals surface area contributed by atoms with Crippen LogP contribution < -0.4 is 0 Å². The van der Waals surface area contributed by atoms with Crippen molar-refractivity contribution < 1.29 is 0 Å². The normalized spacial score (nSPS) is 10.6. The Morgan fingerprint density at radius 3 is 2.89 bits per heavy atom. The molecule has 2 aromatic carbocycles.